The van der Waals surface area contributed by atoms with Crippen molar-refractivity contribution < 1.29 is 43.9 Å². The molecule has 0 aliphatic carbocycles. The molecule has 5 aromatic carbocycles. The van der Waals surface area contributed by atoms with Crippen LogP contribution < -0.4 is 0 Å². The van der Waals surface area contributed by atoms with E-state index in [1.807, 2.05) is 153 Å². The molecular weight excluding hydrogens is 951 g/mol. The van der Waals surface area contributed by atoms with Crippen molar-refractivity contribution in [2.24, 2.45) is 0 Å². The molecule has 394 valence electrons. The van der Waals surface area contributed by atoms with Crippen LogP contribution in [0.4, 0.5) is 4.79 Å². The predicted octanol–water partition coefficient (Wildman–Crippen LogP) is 11.5. The summed E-state index contributed by atoms with van der Waals surface area (Å²) >= 11 is 0. The highest BCUT2D eigenvalue weighted by atomic mass is 16.6. The summed E-state index contributed by atoms with van der Waals surface area (Å²) in [6, 6.07) is 44.6. The summed E-state index contributed by atoms with van der Waals surface area (Å²) in [5.74, 6) is 24.5. The first-order valence-corrected chi connectivity index (χ1v) is 25.6. The molecule has 0 unspecified atom stereocenters. The highest BCUT2D eigenvalue weighted by Crippen LogP contribution is 2.43. The third-order valence-electron chi connectivity index (χ3n) is 12.7. The number of amides is 2. The van der Waals surface area contributed by atoms with Crippen LogP contribution in [-0.2, 0) is 37.0 Å². The van der Waals surface area contributed by atoms with Crippen LogP contribution in [0, 0.1) is 59.2 Å². The lowest BCUT2D eigenvalue weighted by molar-refractivity contribution is -0.174. The van der Waals surface area contributed by atoms with Gasteiger partial charge in [0, 0.05) is 0 Å². The molecule has 10 heteroatoms. The highest BCUT2D eigenvalue weighted by molar-refractivity contribution is 5.99. The third-order valence-corrected chi connectivity index (χ3v) is 12.7. The number of carbonyl (C=O) groups excluding carboxylic acids is 3. The van der Waals surface area contributed by atoms with E-state index in [0.29, 0.717) is 12.8 Å². The van der Waals surface area contributed by atoms with Gasteiger partial charge >= 0.3 is 6.09 Å². The lowest BCUT2D eigenvalue weighted by Crippen LogP contribution is -2.57. The van der Waals surface area contributed by atoms with Gasteiger partial charge in [0.1, 0.15) is 18.2 Å². The number of hydrogen-bond donors (Lipinski definition) is 3. The van der Waals surface area contributed by atoms with Crippen molar-refractivity contribution in [1.29, 1.82) is 0 Å². The van der Waals surface area contributed by atoms with Crippen LogP contribution in [0.1, 0.15) is 117 Å². The number of Topliss-reactive ketones (excluding diaryl/α,β-unsaturated/α-hetero) is 1. The molecule has 1 heterocycles. The maximum Gasteiger partial charge on any atom is 0.417 e. The number of nitrogens with zero attached hydrogens (tertiary/aromatic N) is 1. The van der Waals surface area contributed by atoms with Crippen LogP contribution in [-0.4, -0.2) is 73.6 Å². The lowest BCUT2D eigenvalue weighted by Gasteiger charge is -2.37. The Kier molecular flexibility index (Phi) is 25.0. The first kappa shape index (κ1) is 60.9. The van der Waals surface area contributed by atoms with Gasteiger partial charge in [0.15, 0.2) is 17.0 Å². The number of cyclic esters (lactones) is 1. The molecular formula is C66H71NO9. The van der Waals surface area contributed by atoms with Crippen molar-refractivity contribution in [2.45, 2.75) is 142 Å². The van der Waals surface area contributed by atoms with Gasteiger partial charge < -0.3 is 29.5 Å². The fourth-order valence-corrected chi connectivity index (χ4v) is 8.16. The molecule has 1 aliphatic rings. The molecule has 0 radical (unpaired) electrons. The van der Waals surface area contributed by atoms with Gasteiger partial charge in [0.25, 0.3) is 5.91 Å². The Hall–Kier alpha value is -7.69. The number of ether oxygens (including phenoxy) is 3. The summed E-state index contributed by atoms with van der Waals surface area (Å²) in [5, 5.41) is 30.9. The average Bonchev–Trinajstić information content (AvgIpc) is 3.71. The first-order valence-electron chi connectivity index (χ1n) is 25.6. The Morgan fingerprint density at radius 1 is 0.592 bits per heavy atom. The van der Waals surface area contributed by atoms with Gasteiger partial charge in [-0.15, -0.1) is 0 Å². The van der Waals surface area contributed by atoms with E-state index in [-0.39, 0.29) is 13.2 Å². The van der Waals surface area contributed by atoms with E-state index >= 15 is 0 Å². The minimum absolute atomic E-state index is 0.1000. The van der Waals surface area contributed by atoms with Crippen molar-refractivity contribution in [1.82, 2.24) is 4.90 Å². The Labute approximate surface area is 451 Å². The Morgan fingerprint density at radius 2 is 0.961 bits per heavy atom. The molecule has 10 nitrogen and oxygen atoms in total. The van der Waals surface area contributed by atoms with Crippen LogP contribution in [0.25, 0.3) is 22.3 Å². The van der Waals surface area contributed by atoms with E-state index < -0.39 is 59.4 Å². The van der Waals surface area contributed by atoms with Gasteiger partial charge in [-0.2, -0.15) is 0 Å². The largest absolute Gasteiger partial charge is 0.440 e. The van der Waals surface area contributed by atoms with Crippen molar-refractivity contribution in [3.8, 4) is 81.5 Å². The number of hydrogen-bond acceptors (Lipinski definition) is 9. The number of aliphatic hydroxyl groups is 3. The summed E-state index contributed by atoms with van der Waals surface area (Å²) in [6.45, 7) is 13.8. The fraction of sp³-hybridized carbons (Fsp3) is 0.348. The Bertz CT molecular complexity index is 2910. The standard InChI is InChI=1S/C32H37NO5.C22H28O4.C12H6/c1-5-6-17-27(34)32(4,37-22-23-18-20-25(21-19-23)24-13-9-7-10-14-24)29(35)33-28(26-15-11-8-12-16-26)31(2,3)38-30(33)36;1-3-4-10-20(24)22(2,21(25)15-23)26-16-17-11-13-19(14-12-17)18-8-6-5-7-9-18;1-3-5-7-9-11-12-10-8-6-4-2/h7-16,18-21,27-28,34H,5-6,17,22H2,1-4H3;5-9,11-14,20,23-24H,3-4,10,15-16H2,1-2H3;1-2H3/t27-,28-,32-;20-,22-;/m00./s1. The van der Waals surface area contributed by atoms with Gasteiger partial charge in [0.2, 0.25) is 0 Å². The van der Waals surface area contributed by atoms with Crippen molar-refractivity contribution in [3.05, 3.63) is 156 Å². The number of rotatable bonds is 20. The van der Waals surface area contributed by atoms with Crippen molar-refractivity contribution in [3.63, 3.8) is 0 Å². The van der Waals surface area contributed by atoms with E-state index in [0.717, 1.165) is 69.5 Å². The first-order chi connectivity index (χ1) is 36.6. The van der Waals surface area contributed by atoms with Gasteiger partial charge in [0.05, 0.1) is 25.4 Å². The van der Waals surface area contributed by atoms with Crippen molar-refractivity contribution >= 4 is 17.8 Å². The fourth-order valence-electron chi connectivity index (χ4n) is 8.16. The molecule has 76 heavy (non-hydrogen) atoms. The number of carbonyl (C=O) groups is 3. The normalized spacial score (nSPS) is 15.1. The smallest absolute Gasteiger partial charge is 0.417 e. The topological polar surface area (TPSA) is 143 Å². The summed E-state index contributed by atoms with van der Waals surface area (Å²) in [7, 11) is 0. The Morgan fingerprint density at radius 3 is 1.36 bits per heavy atom. The zero-order chi connectivity index (χ0) is 55.4. The van der Waals surface area contributed by atoms with Crippen LogP contribution >= 0.6 is 0 Å². The quantitative estimate of drug-likeness (QED) is 0.0649. The average molecular weight is 1020 g/mol. The molecule has 0 bridgehead atoms. The minimum atomic E-state index is -1.65. The van der Waals surface area contributed by atoms with Crippen LogP contribution in [0.3, 0.4) is 0 Å². The molecule has 1 fully saturated rings. The second-order valence-corrected chi connectivity index (χ2v) is 18.8. The summed E-state index contributed by atoms with van der Waals surface area (Å²) in [4.78, 5) is 40.5. The van der Waals surface area contributed by atoms with E-state index in [1.54, 1.807) is 41.5 Å². The van der Waals surface area contributed by atoms with Gasteiger partial charge in [-0.25, -0.2) is 9.69 Å². The maximum atomic E-state index is 14.2. The van der Waals surface area contributed by atoms with Crippen molar-refractivity contribution in [2.75, 3.05) is 6.61 Å². The zero-order valence-electron chi connectivity index (χ0n) is 45.1. The monoisotopic (exact) mass is 1020 g/mol. The molecule has 2 amide bonds. The SMILES string of the molecule is CC#CC#CC#CC#CC#CC.CCCC[C@H](O)[C@](C)(OCc1ccc(-c2ccccc2)cc1)C(=O)CO.CCCC[C@H](O)[C@](C)(OCc1ccc(-c2ccccc2)cc1)C(=O)N1C(=O)OC(C)(C)[C@@H]1c1ccccc1. The van der Waals surface area contributed by atoms with E-state index in [1.165, 1.54) is 0 Å². The number of aliphatic hydroxyl groups excluding tert-OH is 3. The maximum absolute atomic E-state index is 14.2. The molecule has 1 aliphatic heterocycles. The molecule has 6 rings (SSSR count). The third kappa shape index (κ3) is 17.7. The van der Waals surface area contributed by atoms with Crippen LogP contribution in [0.2, 0.25) is 0 Å². The van der Waals surface area contributed by atoms with Gasteiger partial charge in [-0.1, -0.05) is 191 Å². The van der Waals surface area contributed by atoms with Gasteiger partial charge in [-0.3, -0.25) is 9.59 Å². The van der Waals surface area contributed by atoms with Crippen LogP contribution in [0.5, 0.6) is 0 Å². The number of ketones is 1. The zero-order valence-corrected chi connectivity index (χ0v) is 45.1. The lowest BCUT2D eigenvalue weighted by atomic mass is 9.88. The molecule has 5 atom stereocenters. The predicted molar refractivity (Wildman–Crippen MR) is 300 cm³/mol. The molecule has 5 aromatic rings. The Balaban J connectivity index is 0.000000283. The number of benzene rings is 5. The summed E-state index contributed by atoms with van der Waals surface area (Å²) < 4.78 is 17.7. The van der Waals surface area contributed by atoms with E-state index in [4.69, 9.17) is 14.2 Å². The summed E-state index contributed by atoms with van der Waals surface area (Å²) in [6.07, 6.45) is 1.34. The highest BCUT2D eigenvalue weighted by Gasteiger charge is 2.57. The molecule has 1 saturated heterocycles. The van der Waals surface area contributed by atoms with Gasteiger partial charge in [-0.05, 0) is 141 Å². The van der Waals surface area contributed by atoms with Crippen LogP contribution in [0.15, 0.2) is 140 Å². The second-order valence-electron chi connectivity index (χ2n) is 18.8. The summed E-state index contributed by atoms with van der Waals surface area (Å²) in [5.41, 5.74) is 2.96. The number of unbranched alkanes of at least 4 members (excludes halogenated alkanes) is 2. The molecule has 0 spiro atoms. The molecule has 0 aromatic heterocycles. The molecule has 0 saturated carbocycles. The molecule has 3 N–H and O–H groups in total. The second kappa shape index (κ2) is 31.3. The number of imide groups is 1. The van der Waals surface area contributed by atoms with E-state index in [9.17, 15) is 29.7 Å². The minimum Gasteiger partial charge on any atom is -0.440 e. The van der Waals surface area contributed by atoms with E-state index in [2.05, 4.69) is 59.2 Å².